The number of nitrogens with one attached hydrogen (secondary N) is 2. The van der Waals surface area contributed by atoms with Crippen LogP contribution in [0, 0.1) is 0 Å². The zero-order valence-corrected chi connectivity index (χ0v) is 13.6. The Hall–Kier alpha value is -0.850. The average molecular weight is 310 g/mol. The number of carbonyl (C=O) groups excluding carboxylic acids is 1. The summed E-state index contributed by atoms with van der Waals surface area (Å²) < 4.78 is 5.40. The molecule has 2 saturated heterocycles. The van der Waals surface area contributed by atoms with Crippen molar-refractivity contribution in [2.24, 2.45) is 0 Å². The van der Waals surface area contributed by atoms with Crippen LogP contribution in [-0.4, -0.2) is 80.4 Å². The maximum atomic E-state index is 12.7. The normalized spacial score (nSPS) is 27.2. The lowest BCUT2D eigenvalue weighted by Gasteiger charge is -2.33. The van der Waals surface area contributed by atoms with Crippen molar-refractivity contribution in [1.82, 2.24) is 20.4 Å². The van der Waals surface area contributed by atoms with E-state index in [2.05, 4.69) is 20.4 Å². The molecule has 6 nitrogen and oxygen atoms in total. The molecule has 2 N–H and O–H groups in total. The van der Waals surface area contributed by atoms with Crippen molar-refractivity contribution in [3.8, 4) is 0 Å². The van der Waals surface area contributed by atoms with Gasteiger partial charge in [-0.2, -0.15) is 0 Å². The molecule has 0 bridgehead atoms. The Balaban J connectivity index is 1.52. The van der Waals surface area contributed by atoms with Crippen molar-refractivity contribution in [1.29, 1.82) is 0 Å². The van der Waals surface area contributed by atoms with Crippen LogP contribution in [-0.2, 0) is 4.74 Å². The van der Waals surface area contributed by atoms with Crippen LogP contribution in [0.4, 0.5) is 4.79 Å². The minimum Gasteiger partial charge on any atom is -0.379 e. The lowest BCUT2D eigenvalue weighted by atomic mass is 10.2. The molecule has 6 heteroatoms. The van der Waals surface area contributed by atoms with Crippen molar-refractivity contribution in [2.75, 3.05) is 52.5 Å². The summed E-state index contributed by atoms with van der Waals surface area (Å²) in [6.07, 6.45) is 5.87. The van der Waals surface area contributed by atoms with Crippen LogP contribution in [0.25, 0.3) is 0 Å². The van der Waals surface area contributed by atoms with Crippen molar-refractivity contribution in [2.45, 2.75) is 44.2 Å². The molecule has 0 aromatic rings. The van der Waals surface area contributed by atoms with Crippen LogP contribution in [0.5, 0.6) is 0 Å². The van der Waals surface area contributed by atoms with E-state index in [4.69, 9.17) is 4.74 Å². The van der Waals surface area contributed by atoms with E-state index in [-0.39, 0.29) is 6.03 Å². The van der Waals surface area contributed by atoms with E-state index in [1.165, 1.54) is 12.8 Å². The van der Waals surface area contributed by atoms with Gasteiger partial charge in [0.25, 0.3) is 0 Å². The standard InChI is InChI=1S/C16H30N4O2/c21-16(18-14-3-1-2-4-14)20(15-5-6-17-13-15)8-7-19-9-11-22-12-10-19/h14-15,17H,1-13H2,(H,18,21). The fraction of sp³-hybridized carbons (Fsp3) is 0.938. The molecular formula is C16H30N4O2. The molecule has 1 saturated carbocycles. The zero-order valence-electron chi connectivity index (χ0n) is 13.6. The number of morpholine rings is 1. The van der Waals surface area contributed by atoms with Crippen molar-refractivity contribution in [3.05, 3.63) is 0 Å². The van der Waals surface area contributed by atoms with Crippen LogP contribution in [0.1, 0.15) is 32.1 Å². The molecule has 2 amide bonds. The van der Waals surface area contributed by atoms with Crippen LogP contribution in [0.3, 0.4) is 0 Å². The van der Waals surface area contributed by atoms with Crippen LogP contribution in [0.2, 0.25) is 0 Å². The zero-order chi connectivity index (χ0) is 15.2. The number of hydrogen-bond donors (Lipinski definition) is 2. The minimum absolute atomic E-state index is 0.147. The van der Waals surface area contributed by atoms with Gasteiger partial charge in [-0.1, -0.05) is 12.8 Å². The number of urea groups is 1. The molecule has 0 radical (unpaired) electrons. The summed E-state index contributed by atoms with van der Waals surface area (Å²) >= 11 is 0. The first-order valence-corrected chi connectivity index (χ1v) is 8.91. The second-order valence-electron chi connectivity index (χ2n) is 6.72. The van der Waals surface area contributed by atoms with Gasteiger partial charge in [0.2, 0.25) is 0 Å². The molecule has 1 unspecified atom stereocenters. The Labute approximate surface area is 133 Å². The fourth-order valence-electron chi connectivity index (χ4n) is 3.76. The molecule has 126 valence electrons. The number of amides is 2. The van der Waals surface area contributed by atoms with E-state index in [9.17, 15) is 4.79 Å². The van der Waals surface area contributed by atoms with Gasteiger partial charge in [0.15, 0.2) is 0 Å². The van der Waals surface area contributed by atoms with Gasteiger partial charge in [-0.05, 0) is 25.8 Å². The molecule has 2 aliphatic heterocycles. The number of carbonyl (C=O) groups is 1. The molecule has 1 aliphatic carbocycles. The van der Waals surface area contributed by atoms with Crippen molar-refractivity contribution >= 4 is 6.03 Å². The highest BCUT2D eigenvalue weighted by Crippen LogP contribution is 2.18. The van der Waals surface area contributed by atoms with Crippen molar-refractivity contribution < 1.29 is 9.53 Å². The Morgan fingerprint density at radius 3 is 2.68 bits per heavy atom. The summed E-state index contributed by atoms with van der Waals surface area (Å²) in [7, 11) is 0. The van der Waals surface area contributed by atoms with Gasteiger partial charge in [-0.3, -0.25) is 4.90 Å². The first-order chi connectivity index (χ1) is 10.8. The summed E-state index contributed by atoms with van der Waals surface area (Å²) in [5.41, 5.74) is 0. The van der Waals surface area contributed by atoms with E-state index in [0.29, 0.717) is 12.1 Å². The fourth-order valence-corrected chi connectivity index (χ4v) is 3.76. The van der Waals surface area contributed by atoms with Gasteiger partial charge in [0.1, 0.15) is 0 Å². The molecule has 3 aliphatic rings. The third kappa shape index (κ3) is 4.33. The number of nitrogens with zero attached hydrogens (tertiary/aromatic N) is 2. The molecule has 0 aromatic carbocycles. The van der Waals surface area contributed by atoms with Crippen molar-refractivity contribution in [3.63, 3.8) is 0 Å². The Morgan fingerprint density at radius 2 is 2.00 bits per heavy atom. The van der Waals surface area contributed by atoms with Crippen LogP contribution < -0.4 is 10.6 Å². The number of rotatable bonds is 5. The Bertz CT molecular complexity index is 348. The summed E-state index contributed by atoms with van der Waals surface area (Å²) in [4.78, 5) is 17.2. The maximum Gasteiger partial charge on any atom is 0.317 e. The molecule has 22 heavy (non-hydrogen) atoms. The maximum absolute atomic E-state index is 12.7. The highest BCUT2D eigenvalue weighted by Gasteiger charge is 2.29. The Kier molecular flexibility index (Phi) is 5.92. The molecular weight excluding hydrogens is 280 g/mol. The van der Waals surface area contributed by atoms with E-state index in [0.717, 1.165) is 71.7 Å². The molecule has 0 spiro atoms. The molecule has 3 fully saturated rings. The predicted octanol–water partition coefficient (Wildman–Crippen LogP) is 0.635. The first-order valence-electron chi connectivity index (χ1n) is 8.91. The largest absolute Gasteiger partial charge is 0.379 e. The van der Waals surface area contributed by atoms with Gasteiger partial charge in [-0.25, -0.2) is 4.79 Å². The van der Waals surface area contributed by atoms with E-state index in [1.807, 2.05) is 0 Å². The molecule has 1 atom stereocenters. The summed E-state index contributed by atoms with van der Waals surface area (Å²) in [5.74, 6) is 0. The minimum atomic E-state index is 0.147. The molecule has 3 rings (SSSR count). The van der Waals surface area contributed by atoms with Gasteiger partial charge >= 0.3 is 6.03 Å². The quantitative estimate of drug-likeness (QED) is 0.782. The average Bonchev–Trinajstić information content (AvgIpc) is 3.22. The summed E-state index contributed by atoms with van der Waals surface area (Å²) in [6.45, 7) is 7.35. The number of ether oxygens (including phenoxy) is 1. The van der Waals surface area contributed by atoms with Gasteiger partial charge < -0.3 is 20.3 Å². The second-order valence-corrected chi connectivity index (χ2v) is 6.72. The van der Waals surface area contributed by atoms with E-state index >= 15 is 0 Å². The van der Waals surface area contributed by atoms with Gasteiger partial charge in [-0.15, -0.1) is 0 Å². The van der Waals surface area contributed by atoms with Gasteiger partial charge in [0, 0.05) is 44.8 Å². The molecule has 2 heterocycles. The smallest absolute Gasteiger partial charge is 0.317 e. The highest BCUT2D eigenvalue weighted by atomic mass is 16.5. The third-order valence-corrected chi connectivity index (χ3v) is 5.18. The summed E-state index contributed by atoms with van der Waals surface area (Å²) in [6, 6.07) is 0.893. The topological polar surface area (TPSA) is 56.8 Å². The molecule has 0 aromatic heterocycles. The predicted molar refractivity (Wildman–Crippen MR) is 86.0 cm³/mol. The van der Waals surface area contributed by atoms with Crippen LogP contribution >= 0.6 is 0 Å². The first kappa shape index (κ1) is 16.0. The van der Waals surface area contributed by atoms with E-state index in [1.54, 1.807) is 0 Å². The Morgan fingerprint density at radius 1 is 1.23 bits per heavy atom. The lowest BCUT2D eigenvalue weighted by Crippen LogP contribution is -2.52. The van der Waals surface area contributed by atoms with Gasteiger partial charge in [0.05, 0.1) is 13.2 Å². The lowest BCUT2D eigenvalue weighted by molar-refractivity contribution is 0.0335. The van der Waals surface area contributed by atoms with E-state index < -0.39 is 0 Å². The SMILES string of the molecule is O=C(NC1CCCC1)N(CCN1CCOCC1)C1CCNC1. The summed E-state index contributed by atoms with van der Waals surface area (Å²) in [5, 5.41) is 6.64. The highest BCUT2D eigenvalue weighted by molar-refractivity contribution is 5.75. The number of hydrogen-bond acceptors (Lipinski definition) is 4. The van der Waals surface area contributed by atoms with Crippen LogP contribution in [0.15, 0.2) is 0 Å². The third-order valence-electron chi connectivity index (χ3n) is 5.18. The monoisotopic (exact) mass is 310 g/mol. The second kappa shape index (κ2) is 8.13.